The summed E-state index contributed by atoms with van der Waals surface area (Å²) < 4.78 is 11.4. The topological polar surface area (TPSA) is 88.2 Å². The second-order valence-corrected chi connectivity index (χ2v) is 9.01. The lowest BCUT2D eigenvalue weighted by atomic mass is 9.96. The average molecular weight is 480 g/mol. The number of rotatable bonds is 7. The van der Waals surface area contributed by atoms with Crippen LogP contribution in [0.4, 0.5) is 0 Å². The summed E-state index contributed by atoms with van der Waals surface area (Å²) in [4.78, 5) is 43.0. The van der Waals surface area contributed by atoms with Crippen molar-refractivity contribution in [3.8, 4) is 5.75 Å². The molecule has 2 aliphatic heterocycles. The maximum absolute atomic E-state index is 13.7. The lowest BCUT2D eigenvalue weighted by Crippen LogP contribution is -2.60. The van der Waals surface area contributed by atoms with E-state index in [1.165, 1.54) is 0 Å². The Morgan fingerprint density at radius 1 is 1.06 bits per heavy atom. The summed E-state index contributed by atoms with van der Waals surface area (Å²) >= 11 is 0. The number of amides is 3. The minimum Gasteiger partial charge on any atom is -0.497 e. The number of ether oxygens (including phenoxy) is 2. The molecule has 1 spiro atoms. The molecule has 8 nitrogen and oxygen atoms in total. The van der Waals surface area contributed by atoms with Gasteiger partial charge in [-0.05, 0) is 36.2 Å². The van der Waals surface area contributed by atoms with Gasteiger partial charge in [-0.3, -0.25) is 19.3 Å². The fourth-order valence-electron chi connectivity index (χ4n) is 4.79. The van der Waals surface area contributed by atoms with Crippen LogP contribution in [0.25, 0.3) is 0 Å². The number of benzene rings is 2. The SMILES string of the molecule is CCCNC(=O)C1COC2(CCN(C(=O)Cc3ccccc3)CC2)N1C(=O)c1ccc(OC)cc1. The molecule has 2 aromatic carbocycles. The van der Waals surface area contributed by atoms with E-state index in [9.17, 15) is 14.4 Å². The van der Waals surface area contributed by atoms with Crippen molar-refractivity contribution < 1.29 is 23.9 Å². The standard InChI is InChI=1S/C27H33N3O5/c1-3-15-28-25(32)23-19-35-27(30(23)26(33)21-9-11-22(34-2)12-10-21)13-16-29(17-14-27)24(31)18-20-7-5-4-6-8-20/h4-12,23H,3,13-19H2,1-2H3,(H,28,32). The summed E-state index contributed by atoms with van der Waals surface area (Å²) in [6, 6.07) is 15.8. The van der Waals surface area contributed by atoms with Gasteiger partial charge in [-0.15, -0.1) is 0 Å². The molecule has 2 saturated heterocycles. The predicted molar refractivity (Wildman–Crippen MR) is 131 cm³/mol. The molecule has 0 saturated carbocycles. The first-order chi connectivity index (χ1) is 17.0. The van der Waals surface area contributed by atoms with Crippen molar-refractivity contribution in [2.75, 3.05) is 33.4 Å². The molecule has 35 heavy (non-hydrogen) atoms. The zero-order valence-electron chi connectivity index (χ0n) is 20.4. The van der Waals surface area contributed by atoms with Crippen molar-refractivity contribution in [2.24, 2.45) is 0 Å². The van der Waals surface area contributed by atoms with Crippen LogP contribution in [0.2, 0.25) is 0 Å². The number of nitrogens with zero attached hydrogens (tertiary/aromatic N) is 2. The second kappa shape index (κ2) is 10.9. The van der Waals surface area contributed by atoms with Gasteiger partial charge in [-0.1, -0.05) is 37.3 Å². The molecule has 4 rings (SSSR count). The van der Waals surface area contributed by atoms with Crippen molar-refractivity contribution in [3.05, 3.63) is 65.7 Å². The van der Waals surface area contributed by atoms with E-state index >= 15 is 0 Å². The van der Waals surface area contributed by atoms with Crippen LogP contribution >= 0.6 is 0 Å². The van der Waals surface area contributed by atoms with Crippen molar-refractivity contribution in [2.45, 2.75) is 44.4 Å². The molecule has 3 amide bonds. The van der Waals surface area contributed by atoms with E-state index in [0.29, 0.717) is 50.2 Å². The molecule has 0 aliphatic carbocycles. The van der Waals surface area contributed by atoms with Crippen LogP contribution in [0.1, 0.15) is 42.1 Å². The summed E-state index contributed by atoms with van der Waals surface area (Å²) in [5.41, 5.74) is 0.514. The number of carbonyl (C=O) groups is 3. The van der Waals surface area contributed by atoms with E-state index in [2.05, 4.69) is 5.32 Å². The lowest BCUT2D eigenvalue weighted by molar-refractivity contribution is -0.143. The fraction of sp³-hybridized carbons (Fsp3) is 0.444. The van der Waals surface area contributed by atoms with Crippen molar-refractivity contribution in [1.29, 1.82) is 0 Å². The fourth-order valence-corrected chi connectivity index (χ4v) is 4.79. The Kier molecular flexibility index (Phi) is 7.70. The Bertz CT molecular complexity index is 1030. The summed E-state index contributed by atoms with van der Waals surface area (Å²) in [6.45, 7) is 3.57. The maximum Gasteiger partial charge on any atom is 0.256 e. The Morgan fingerprint density at radius 2 is 1.74 bits per heavy atom. The highest BCUT2D eigenvalue weighted by molar-refractivity contribution is 5.98. The number of hydrogen-bond donors (Lipinski definition) is 1. The van der Waals surface area contributed by atoms with Gasteiger partial charge in [-0.2, -0.15) is 0 Å². The number of nitrogens with one attached hydrogen (secondary N) is 1. The highest BCUT2D eigenvalue weighted by atomic mass is 16.5. The maximum atomic E-state index is 13.7. The molecular formula is C27H33N3O5. The van der Waals surface area contributed by atoms with Crippen molar-refractivity contribution >= 4 is 17.7 Å². The van der Waals surface area contributed by atoms with E-state index in [4.69, 9.17) is 9.47 Å². The normalized spacial score (nSPS) is 19.0. The van der Waals surface area contributed by atoms with Crippen molar-refractivity contribution in [1.82, 2.24) is 15.1 Å². The smallest absolute Gasteiger partial charge is 0.256 e. The van der Waals surface area contributed by atoms with E-state index in [1.54, 1.807) is 36.3 Å². The Morgan fingerprint density at radius 3 is 2.37 bits per heavy atom. The molecule has 2 aromatic rings. The highest BCUT2D eigenvalue weighted by Crippen LogP contribution is 2.38. The first kappa shape index (κ1) is 24.7. The number of carbonyl (C=O) groups excluding carboxylic acids is 3. The molecule has 2 aliphatic rings. The zero-order chi connectivity index (χ0) is 24.8. The molecule has 1 atom stereocenters. The molecule has 0 radical (unpaired) electrons. The van der Waals surface area contributed by atoms with Gasteiger partial charge < -0.3 is 19.7 Å². The van der Waals surface area contributed by atoms with Gasteiger partial charge in [0.15, 0.2) is 0 Å². The Hall–Kier alpha value is -3.39. The van der Waals surface area contributed by atoms with Crippen LogP contribution in [-0.4, -0.2) is 72.6 Å². The Labute approximate surface area is 206 Å². The first-order valence-electron chi connectivity index (χ1n) is 12.2. The molecule has 0 aromatic heterocycles. The van der Waals surface area contributed by atoms with Gasteiger partial charge in [0.1, 0.15) is 17.5 Å². The molecule has 0 bridgehead atoms. The van der Waals surface area contributed by atoms with Gasteiger partial charge >= 0.3 is 0 Å². The van der Waals surface area contributed by atoms with Crippen LogP contribution in [0, 0.1) is 0 Å². The molecule has 2 heterocycles. The molecule has 1 unspecified atom stereocenters. The van der Waals surface area contributed by atoms with Crippen LogP contribution in [0.5, 0.6) is 5.75 Å². The van der Waals surface area contributed by atoms with E-state index in [0.717, 1.165) is 12.0 Å². The number of methoxy groups -OCH3 is 1. The van der Waals surface area contributed by atoms with Gasteiger partial charge in [0.05, 0.1) is 20.1 Å². The van der Waals surface area contributed by atoms with Crippen LogP contribution < -0.4 is 10.1 Å². The van der Waals surface area contributed by atoms with Gasteiger partial charge in [0.2, 0.25) is 11.8 Å². The molecule has 1 N–H and O–H groups in total. The second-order valence-electron chi connectivity index (χ2n) is 9.01. The molecular weight excluding hydrogens is 446 g/mol. The number of piperidine rings is 1. The minimum atomic E-state index is -0.922. The summed E-state index contributed by atoms with van der Waals surface area (Å²) in [5.74, 6) is 0.227. The van der Waals surface area contributed by atoms with E-state index in [1.807, 2.05) is 42.2 Å². The lowest BCUT2D eigenvalue weighted by Gasteiger charge is -2.44. The number of hydrogen-bond acceptors (Lipinski definition) is 5. The number of likely N-dealkylation sites (tertiary alicyclic amines) is 1. The van der Waals surface area contributed by atoms with E-state index in [-0.39, 0.29) is 24.3 Å². The third-order valence-electron chi connectivity index (χ3n) is 6.76. The van der Waals surface area contributed by atoms with Crippen LogP contribution in [0.3, 0.4) is 0 Å². The monoisotopic (exact) mass is 479 g/mol. The largest absolute Gasteiger partial charge is 0.497 e. The third kappa shape index (κ3) is 5.32. The first-order valence-corrected chi connectivity index (χ1v) is 12.2. The Balaban J connectivity index is 1.52. The van der Waals surface area contributed by atoms with Gasteiger partial charge in [-0.25, -0.2) is 0 Å². The summed E-state index contributed by atoms with van der Waals surface area (Å²) in [5, 5.41) is 2.91. The predicted octanol–water partition coefficient (Wildman–Crippen LogP) is 2.62. The molecule has 186 valence electrons. The third-order valence-corrected chi connectivity index (χ3v) is 6.76. The van der Waals surface area contributed by atoms with Crippen LogP contribution in [0.15, 0.2) is 54.6 Å². The van der Waals surface area contributed by atoms with Gasteiger partial charge in [0.25, 0.3) is 5.91 Å². The zero-order valence-corrected chi connectivity index (χ0v) is 20.4. The average Bonchev–Trinajstić information content (AvgIpc) is 3.26. The van der Waals surface area contributed by atoms with E-state index < -0.39 is 11.8 Å². The quantitative estimate of drug-likeness (QED) is 0.660. The summed E-state index contributed by atoms with van der Waals surface area (Å²) in [6.07, 6.45) is 2.04. The van der Waals surface area contributed by atoms with Gasteiger partial charge in [0, 0.05) is 38.0 Å². The van der Waals surface area contributed by atoms with Crippen LogP contribution in [-0.2, 0) is 20.7 Å². The van der Waals surface area contributed by atoms with Crippen molar-refractivity contribution in [3.63, 3.8) is 0 Å². The summed E-state index contributed by atoms with van der Waals surface area (Å²) in [7, 11) is 1.57. The highest BCUT2D eigenvalue weighted by Gasteiger charge is 2.54. The minimum absolute atomic E-state index is 0.0503. The molecule has 2 fully saturated rings. The molecule has 8 heteroatoms.